The smallest absolute Gasteiger partial charge is 0.142 e. The van der Waals surface area contributed by atoms with E-state index < -0.39 is 0 Å². The first-order valence-electron chi connectivity index (χ1n) is 5.59. The average Bonchev–Trinajstić information content (AvgIpc) is 2.39. The molecule has 94 valence electrons. The summed E-state index contributed by atoms with van der Waals surface area (Å²) in [5.41, 5.74) is 3.08. The zero-order chi connectivity index (χ0) is 13.0. The maximum Gasteiger partial charge on any atom is 0.142 e. The van der Waals surface area contributed by atoms with Crippen LogP contribution in [0.25, 0.3) is 0 Å². The van der Waals surface area contributed by atoms with Crippen molar-refractivity contribution in [1.82, 2.24) is 4.98 Å². The minimum Gasteiger partial charge on any atom is -0.487 e. The predicted molar refractivity (Wildman–Crippen MR) is 80.1 cm³/mol. The number of hydrogen-bond donors (Lipinski definition) is 0. The summed E-state index contributed by atoms with van der Waals surface area (Å²) in [6, 6.07) is 12.0. The van der Waals surface area contributed by atoms with Crippen LogP contribution in [0.3, 0.4) is 0 Å². The number of aromatic nitrogens is 1. The molecular formula is C14H13Br2NO. The number of nitrogens with zero attached hydrogens (tertiary/aromatic N) is 1. The summed E-state index contributed by atoms with van der Waals surface area (Å²) in [4.78, 5) is 4.44. The first-order valence-corrected chi connectivity index (χ1v) is 7.50. The molecule has 0 aliphatic heterocycles. The van der Waals surface area contributed by atoms with Gasteiger partial charge in [-0.15, -0.1) is 0 Å². The van der Waals surface area contributed by atoms with Crippen molar-refractivity contribution in [1.29, 1.82) is 0 Å². The highest BCUT2D eigenvalue weighted by Gasteiger charge is 2.05. The summed E-state index contributed by atoms with van der Waals surface area (Å²) in [5, 5.41) is 0.699. The molecule has 0 saturated carbocycles. The fourth-order valence-corrected chi connectivity index (χ4v) is 2.23. The van der Waals surface area contributed by atoms with E-state index in [1.54, 1.807) is 0 Å². The van der Waals surface area contributed by atoms with E-state index in [1.165, 1.54) is 0 Å². The lowest BCUT2D eigenvalue weighted by molar-refractivity contribution is 0.302. The van der Waals surface area contributed by atoms with Gasteiger partial charge in [0, 0.05) is 15.5 Å². The molecule has 2 rings (SSSR count). The second-order valence-electron chi connectivity index (χ2n) is 3.95. The largest absolute Gasteiger partial charge is 0.487 e. The van der Waals surface area contributed by atoms with Crippen LogP contribution >= 0.6 is 31.9 Å². The zero-order valence-corrected chi connectivity index (χ0v) is 13.2. The first kappa shape index (κ1) is 13.6. The molecule has 0 atom stereocenters. The van der Waals surface area contributed by atoms with Gasteiger partial charge in [-0.3, -0.25) is 4.98 Å². The lowest BCUT2D eigenvalue weighted by Gasteiger charge is -2.10. The maximum atomic E-state index is 5.80. The standard InChI is InChI=1S/C14H13Br2NO/c1-10-2-7-14(13(8-15)17-10)18-9-11-3-5-12(16)6-4-11/h2-7H,8-9H2,1H3. The molecule has 0 spiro atoms. The minimum atomic E-state index is 0.554. The first-order chi connectivity index (χ1) is 8.69. The Kier molecular flexibility index (Phi) is 4.78. The molecule has 0 unspecified atom stereocenters. The highest BCUT2D eigenvalue weighted by Crippen LogP contribution is 2.21. The molecule has 4 heteroatoms. The minimum absolute atomic E-state index is 0.554. The summed E-state index contributed by atoms with van der Waals surface area (Å²) in [7, 11) is 0. The maximum absolute atomic E-state index is 5.80. The summed E-state index contributed by atoms with van der Waals surface area (Å²) in [5.74, 6) is 0.834. The molecule has 0 radical (unpaired) electrons. The van der Waals surface area contributed by atoms with E-state index in [-0.39, 0.29) is 0 Å². The van der Waals surface area contributed by atoms with Crippen LogP contribution in [0.2, 0.25) is 0 Å². The van der Waals surface area contributed by atoms with Gasteiger partial charge < -0.3 is 4.74 Å². The second-order valence-corrected chi connectivity index (χ2v) is 5.42. The molecule has 2 nitrogen and oxygen atoms in total. The lowest BCUT2D eigenvalue weighted by Crippen LogP contribution is -2.00. The molecule has 18 heavy (non-hydrogen) atoms. The van der Waals surface area contributed by atoms with E-state index in [2.05, 4.69) is 36.8 Å². The normalized spacial score (nSPS) is 10.4. The van der Waals surface area contributed by atoms with Gasteiger partial charge in [0.15, 0.2) is 0 Å². The Labute approximate surface area is 124 Å². The summed E-state index contributed by atoms with van der Waals surface area (Å²) < 4.78 is 6.87. The molecule has 0 bridgehead atoms. The Morgan fingerprint density at radius 3 is 2.50 bits per heavy atom. The van der Waals surface area contributed by atoms with Crippen LogP contribution in [0.4, 0.5) is 0 Å². The van der Waals surface area contributed by atoms with Crippen molar-refractivity contribution < 1.29 is 4.74 Å². The SMILES string of the molecule is Cc1ccc(OCc2ccc(Br)cc2)c(CBr)n1. The van der Waals surface area contributed by atoms with E-state index in [9.17, 15) is 0 Å². The van der Waals surface area contributed by atoms with Crippen LogP contribution in [-0.4, -0.2) is 4.98 Å². The highest BCUT2D eigenvalue weighted by atomic mass is 79.9. The Balaban J connectivity index is 2.08. The van der Waals surface area contributed by atoms with E-state index in [0.29, 0.717) is 11.9 Å². The number of pyridine rings is 1. The average molecular weight is 371 g/mol. The zero-order valence-electron chi connectivity index (χ0n) is 9.99. The molecule has 1 aromatic heterocycles. The number of ether oxygens (including phenoxy) is 1. The summed E-state index contributed by atoms with van der Waals surface area (Å²) >= 11 is 6.84. The quantitative estimate of drug-likeness (QED) is 0.732. The van der Waals surface area contributed by atoms with Crippen molar-refractivity contribution in [2.75, 3.05) is 0 Å². The van der Waals surface area contributed by atoms with Crippen LogP contribution in [0.1, 0.15) is 17.0 Å². The molecule has 2 aromatic rings. The molecule has 1 heterocycles. The fraction of sp³-hybridized carbons (Fsp3) is 0.214. The van der Waals surface area contributed by atoms with E-state index in [4.69, 9.17) is 4.74 Å². The van der Waals surface area contributed by atoms with Gasteiger partial charge in [0.05, 0.1) is 5.69 Å². The second kappa shape index (κ2) is 6.34. The molecule has 0 amide bonds. The van der Waals surface area contributed by atoms with Crippen LogP contribution in [0.15, 0.2) is 40.9 Å². The lowest BCUT2D eigenvalue weighted by atomic mass is 10.2. The summed E-state index contributed by atoms with van der Waals surface area (Å²) in [6.45, 7) is 2.53. The highest BCUT2D eigenvalue weighted by molar-refractivity contribution is 9.10. The molecular weight excluding hydrogens is 358 g/mol. The van der Waals surface area contributed by atoms with Crippen molar-refractivity contribution in [3.8, 4) is 5.75 Å². The molecule has 0 fully saturated rings. The Morgan fingerprint density at radius 1 is 1.11 bits per heavy atom. The number of hydrogen-bond acceptors (Lipinski definition) is 2. The number of rotatable bonds is 4. The van der Waals surface area contributed by atoms with Crippen LogP contribution in [-0.2, 0) is 11.9 Å². The molecule has 1 aromatic carbocycles. The summed E-state index contributed by atoms with van der Waals surface area (Å²) in [6.07, 6.45) is 0. The van der Waals surface area contributed by atoms with Crippen LogP contribution in [0.5, 0.6) is 5.75 Å². The monoisotopic (exact) mass is 369 g/mol. The molecule has 0 aliphatic rings. The van der Waals surface area contributed by atoms with Crippen molar-refractivity contribution >= 4 is 31.9 Å². The van der Waals surface area contributed by atoms with Crippen molar-refractivity contribution in [2.45, 2.75) is 18.9 Å². The Bertz CT molecular complexity index is 526. The van der Waals surface area contributed by atoms with Gasteiger partial charge in [-0.1, -0.05) is 44.0 Å². The Hall–Kier alpha value is -0.870. The van der Waals surface area contributed by atoms with E-state index in [0.717, 1.165) is 27.2 Å². The van der Waals surface area contributed by atoms with Crippen LogP contribution < -0.4 is 4.74 Å². The van der Waals surface area contributed by atoms with Crippen molar-refractivity contribution in [2.24, 2.45) is 0 Å². The van der Waals surface area contributed by atoms with Gasteiger partial charge in [0.1, 0.15) is 12.4 Å². The van der Waals surface area contributed by atoms with Gasteiger partial charge in [0.25, 0.3) is 0 Å². The van der Waals surface area contributed by atoms with Gasteiger partial charge >= 0.3 is 0 Å². The number of alkyl halides is 1. The number of aryl methyl sites for hydroxylation is 1. The van der Waals surface area contributed by atoms with Gasteiger partial charge in [0.2, 0.25) is 0 Å². The van der Waals surface area contributed by atoms with Crippen molar-refractivity contribution in [3.05, 3.63) is 57.8 Å². The molecule has 0 saturated heterocycles. The molecule has 0 N–H and O–H groups in total. The Morgan fingerprint density at radius 2 is 1.83 bits per heavy atom. The van der Waals surface area contributed by atoms with Crippen LogP contribution in [0, 0.1) is 6.92 Å². The van der Waals surface area contributed by atoms with Crippen molar-refractivity contribution in [3.63, 3.8) is 0 Å². The van der Waals surface area contributed by atoms with E-state index in [1.807, 2.05) is 43.3 Å². The van der Waals surface area contributed by atoms with E-state index >= 15 is 0 Å². The number of benzene rings is 1. The van der Waals surface area contributed by atoms with Gasteiger partial charge in [-0.05, 0) is 36.8 Å². The third kappa shape index (κ3) is 3.56. The fourth-order valence-electron chi connectivity index (χ4n) is 1.57. The molecule has 0 aliphatic carbocycles. The third-order valence-electron chi connectivity index (χ3n) is 2.51. The third-order valence-corrected chi connectivity index (χ3v) is 3.57. The number of halogens is 2. The van der Waals surface area contributed by atoms with Gasteiger partial charge in [-0.25, -0.2) is 0 Å². The topological polar surface area (TPSA) is 22.1 Å². The van der Waals surface area contributed by atoms with Gasteiger partial charge in [-0.2, -0.15) is 0 Å². The predicted octanol–water partition coefficient (Wildman–Crippen LogP) is 4.63.